The summed E-state index contributed by atoms with van der Waals surface area (Å²) in [5.41, 5.74) is -0.344. The maximum Gasteiger partial charge on any atom is 0.342 e. The molecule has 0 bridgehead atoms. The zero-order valence-corrected chi connectivity index (χ0v) is 17.5. The van der Waals surface area contributed by atoms with Crippen molar-refractivity contribution in [1.29, 1.82) is 0 Å². The molecule has 4 atom stereocenters. The van der Waals surface area contributed by atoms with Crippen molar-refractivity contribution in [2.75, 3.05) is 20.8 Å². The minimum absolute atomic E-state index is 0.0389. The summed E-state index contributed by atoms with van der Waals surface area (Å²) < 4.78 is 22.6. The fourth-order valence-electron chi connectivity index (χ4n) is 4.59. The van der Waals surface area contributed by atoms with E-state index in [1.165, 1.54) is 7.11 Å². The van der Waals surface area contributed by atoms with Gasteiger partial charge in [-0.3, -0.25) is 4.79 Å². The standard InChI is InChI=1S/C21H30O7/c1-11(2)18(22)27-14-9-21(4,26-6)13-7-8-20(3,24)16(13)17-15(14)12(10-25-5)19(23)28-17/h11,13-14,24H,7-10H2,1-6H3/t13-,14+,20-,21-/m1/s1. The molecule has 0 aromatic heterocycles. The molecular formula is C21H30O7. The summed E-state index contributed by atoms with van der Waals surface area (Å²) in [6, 6.07) is 0. The van der Waals surface area contributed by atoms with Crippen LogP contribution in [0.15, 0.2) is 22.5 Å². The third-order valence-corrected chi connectivity index (χ3v) is 6.24. The van der Waals surface area contributed by atoms with Gasteiger partial charge in [-0.25, -0.2) is 4.79 Å². The van der Waals surface area contributed by atoms with Crippen molar-refractivity contribution < 1.29 is 33.6 Å². The molecular weight excluding hydrogens is 364 g/mol. The van der Waals surface area contributed by atoms with Crippen LogP contribution in [0.1, 0.15) is 47.0 Å². The Morgan fingerprint density at radius 2 is 2.00 bits per heavy atom. The summed E-state index contributed by atoms with van der Waals surface area (Å²) >= 11 is 0. The second-order valence-electron chi connectivity index (χ2n) is 8.62. The molecule has 0 aromatic carbocycles. The number of carbonyl (C=O) groups is 2. The normalized spacial score (nSPS) is 35.1. The quantitative estimate of drug-likeness (QED) is 0.715. The van der Waals surface area contributed by atoms with Crippen LogP contribution in [-0.4, -0.2) is 55.2 Å². The second-order valence-corrected chi connectivity index (χ2v) is 8.62. The lowest BCUT2D eigenvalue weighted by atomic mass is 9.80. The van der Waals surface area contributed by atoms with Crippen LogP contribution in [-0.2, 0) is 28.5 Å². The molecule has 156 valence electrons. The van der Waals surface area contributed by atoms with Crippen LogP contribution in [0.2, 0.25) is 0 Å². The van der Waals surface area contributed by atoms with Gasteiger partial charge in [0.1, 0.15) is 11.9 Å². The number of rotatable bonds is 5. The van der Waals surface area contributed by atoms with E-state index in [2.05, 4.69) is 0 Å². The lowest BCUT2D eigenvalue weighted by Gasteiger charge is -2.36. The van der Waals surface area contributed by atoms with E-state index in [4.69, 9.17) is 18.9 Å². The van der Waals surface area contributed by atoms with Crippen LogP contribution in [0.5, 0.6) is 0 Å². The van der Waals surface area contributed by atoms with Crippen molar-refractivity contribution in [3.05, 3.63) is 22.5 Å². The molecule has 1 saturated carbocycles. The first-order valence-corrected chi connectivity index (χ1v) is 9.73. The number of hydrogen-bond donors (Lipinski definition) is 1. The molecule has 0 unspecified atom stereocenters. The maximum absolute atomic E-state index is 12.6. The van der Waals surface area contributed by atoms with Crippen molar-refractivity contribution in [2.45, 2.75) is 64.3 Å². The van der Waals surface area contributed by atoms with Gasteiger partial charge in [-0.1, -0.05) is 13.8 Å². The molecule has 7 nitrogen and oxygen atoms in total. The molecule has 2 aliphatic carbocycles. The van der Waals surface area contributed by atoms with E-state index in [0.717, 1.165) is 0 Å². The smallest absolute Gasteiger partial charge is 0.342 e. The highest BCUT2D eigenvalue weighted by Gasteiger charge is 2.56. The molecule has 1 N–H and O–H groups in total. The number of ether oxygens (including phenoxy) is 4. The first-order chi connectivity index (χ1) is 13.1. The number of methoxy groups -OCH3 is 2. The molecule has 0 saturated heterocycles. The Labute approximate surface area is 165 Å². The summed E-state index contributed by atoms with van der Waals surface area (Å²) in [5, 5.41) is 11.1. The number of hydrogen-bond acceptors (Lipinski definition) is 7. The second kappa shape index (κ2) is 7.28. The van der Waals surface area contributed by atoms with Crippen LogP contribution >= 0.6 is 0 Å². The van der Waals surface area contributed by atoms with E-state index in [1.807, 2.05) is 6.92 Å². The van der Waals surface area contributed by atoms with Gasteiger partial charge in [0.05, 0.1) is 29.3 Å². The maximum atomic E-state index is 12.6. The van der Waals surface area contributed by atoms with E-state index in [-0.39, 0.29) is 24.4 Å². The highest BCUT2D eigenvalue weighted by molar-refractivity contribution is 5.95. The zero-order valence-electron chi connectivity index (χ0n) is 17.5. The molecule has 0 radical (unpaired) electrons. The highest BCUT2D eigenvalue weighted by atomic mass is 16.6. The molecule has 3 rings (SSSR count). The summed E-state index contributed by atoms with van der Waals surface area (Å²) in [5.74, 6) is -1.04. The van der Waals surface area contributed by atoms with Crippen LogP contribution in [0.3, 0.4) is 0 Å². The zero-order chi connectivity index (χ0) is 20.9. The topological polar surface area (TPSA) is 91.3 Å². The molecule has 3 aliphatic rings. The van der Waals surface area contributed by atoms with Gasteiger partial charge < -0.3 is 24.1 Å². The third-order valence-electron chi connectivity index (χ3n) is 6.24. The lowest BCUT2D eigenvalue weighted by Crippen LogP contribution is -2.41. The predicted molar refractivity (Wildman–Crippen MR) is 100 cm³/mol. The predicted octanol–water partition coefficient (Wildman–Crippen LogP) is 2.28. The first kappa shape index (κ1) is 21.0. The molecule has 0 amide bonds. The van der Waals surface area contributed by atoms with E-state index in [0.29, 0.717) is 41.7 Å². The van der Waals surface area contributed by atoms with Crippen LogP contribution < -0.4 is 0 Å². The van der Waals surface area contributed by atoms with Gasteiger partial charge >= 0.3 is 11.9 Å². The Bertz CT molecular complexity index is 746. The Kier molecular flexibility index (Phi) is 5.47. The Balaban J connectivity index is 2.23. The van der Waals surface area contributed by atoms with Gasteiger partial charge in [-0.2, -0.15) is 0 Å². The first-order valence-electron chi connectivity index (χ1n) is 9.73. The van der Waals surface area contributed by atoms with Gasteiger partial charge in [0.25, 0.3) is 0 Å². The molecule has 0 spiro atoms. The van der Waals surface area contributed by atoms with Gasteiger partial charge in [0, 0.05) is 37.7 Å². The summed E-state index contributed by atoms with van der Waals surface area (Å²) in [6.07, 6.45) is 0.858. The fourth-order valence-corrected chi connectivity index (χ4v) is 4.59. The van der Waals surface area contributed by atoms with E-state index >= 15 is 0 Å². The average molecular weight is 394 g/mol. The highest BCUT2D eigenvalue weighted by Crippen LogP contribution is 2.54. The van der Waals surface area contributed by atoms with Gasteiger partial charge in [0.2, 0.25) is 0 Å². The van der Waals surface area contributed by atoms with E-state index < -0.39 is 23.3 Å². The van der Waals surface area contributed by atoms with Crippen LogP contribution in [0.4, 0.5) is 0 Å². The van der Waals surface area contributed by atoms with Crippen molar-refractivity contribution in [3.8, 4) is 0 Å². The SMILES string of the molecule is COCC1=C2C(=C3[C@@H](CC[C@@]3(C)O)[C@](C)(OC)C[C@@H]2OC(=O)C(C)C)OC1=O. The Hall–Kier alpha value is -1.70. The molecule has 0 aromatic rings. The third kappa shape index (κ3) is 3.29. The summed E-state index contributed by atoms with van der Waals surface area (Å²) in [4.78, 5) is 25.0. The number of fused-ring (bicyclic) bond motifs is 2. The number of aliphatic hydroxyl groups is 1. The summed E-state index contributed by atoms with van der Waals surface area (Å²) in [7, 11) is 3.11. The van der Waals surface area contributed by atoms with E-state index in [9.17, 15) is 14.7 Å². The Morgan fingerprint density at radius 1 is 1.32 bits per heavy atom. The van der Waals surface area contributed by atoms with Crippen LogP contribution in [0.25, 0.3) is 0 Å². The van der Waals surface area contributed by atoms with Crippen molar-refractivity contribution in [1.82, 2.24) is 0 Å². The molecule has 1 fully saturated rings. The van der Waals surface area contributed by atoms with Gasteiger partial charge in [-0.05, 0) is 26.7 Å². The monoisotopic (exact) mass is 394 g/mol. The minimum atomic E-state index is -1.13. The molecule has 1 heterocycles. The number of esters is 2. The van der Waals surface area contributed by atoms with Crippen molar-refractivity contribution >= 4 is 11.9 Å². The van der Waals surface area contributed by atoms with E-state index in [1.54, 1.807) is 27.9 Å². The van der Waals surface area contributed by atoms with Gasteiger partial charge in [-0.15, -0.1) is 0 Å². The summed E-state index contributed by atoms with van der Waals surface area (Å²) in [6.45, 7) is 7.24. The van der Waals surface area contributed by atoms with Crippen LogP contribution in [0, 0.1) is 11.8 Å². The fraction of sp³-hybridized carbons (Fsp3) is 0.714. The van der Waals surface area contributed by atoms with Crippen molar-refractivity contribution in [2.24, 2.45) is 11.8 Å². The largest absolute Gasteiger partial charge is 0.457 e. The molecule has 28 heavy (non-hydrogen) atoms. The average Bonchev–Trinajstić information content (AvgIpc) is 3.07. The molecule has 1 aliphatic heterocycles. The lowest BCUT2D eigenvalue weighted by molar-refractivity contribution is -0.154. The minimum Gasteiger partial charge on any atom is -0.457 e. The number of carbonyl (C=O) groups excluding carboxylic acids is 2. The Morgan fingerprint density at radius 3 is 2.57 bits per heavy atom. The van der Waals surface area contributed by atoms with Crippen molar-refractivity contribution in [3.63, 3.8) is 0 Å². The van der Waals surface area contributed by atoms with Gasteiger partial charge in [0.15, 0.2) is 0 Å². The molecule has 7 heteroatoms.